The van der Waals surface area contributed by atoms with Crippen molar-refractivity contribution in [3.63, 3.8) is 0 Å². The Kier molecular flexibility index (Phi) is 17.1. The minimum Gasteiger partial charge on any atom is -0.487 e. The molecule has 7 rings (SSSR count). The van der Waals surface area contributed by atoms with Gasteiger partial charge in [0.05, 0.1) is 52.6 Å². The molecule has 4 amide bonds. The van der Waals surface area contributed by atoms with Crippen LogP contribution in [0.25, 0.3) is 21.7 Å². The quantitative estimate of drug-likeness (QED) is 0.0386. The van der Waals surface area contributed by atoms with Crippen molar-refractivity contribution in [1.82, 2.24) is 40.7 Å². The number of hydrogen-bond acceptors (Lipinski definition) is 15. The number of nitrogens with two attached hydrogens (primary N) is 1. The van der Waals surface area contributed by atoms with E-state index in [-0.39, 0.29) is 91.0 Å². The zero-order chi connectivity index (χ0) is 52.5. The number of benzene rings is 3. The third-order valence-electron chi connectivity index (χ3n) is 11.9. The van der Waals surface area contributed by atoms with Gasteiger partial charge in [-0.3, -0.25) is 29.0 Å². The highest BCUT2D eigenvalue weighted by molar-refractivity contribution is 7.92. The van der Waals surface area contributed by atoms with E-state index in [1.807, 2.05) is 52.0 Å². The molecular weight excluding hydrogens is 982 g/mol. The van der Waals surface area contributed by atoms with Gasteiger partial charge in [-0.05, 0) is 73.1 Å². The molecule has 1 unspecified atom stereocenters. The van der Waals surface area contributed by atoms with Gasteiger partial charge in [0.1, 0.15) is 53.2 Å². The molecule has 0 aliphatic carbocycles. The van der Waals surface area contributed by atoms with E-state index in [1.54, 1.807) is 22.9 Å². The molecule has 1 saturated heterocycles. The summed E-state index contributed by atoms with van der Waals surface area (Å²) in [4.78, 5) is 69.0. The maximum Gasteiger partial charge on any atom is 0.254 e. The van der Waals surface area contributed by atoms with Gasteiger partial charge >= 0.3 is 0 Å². The minimum atomic E-state index is -3.70. The number of nitrogens with zero attached hydrogens (tertiary/aromatic N) is 5. The second-order valence-corrected chi connectivity index (χ2v) is 21.3. The fourth-order valence-corrected chi connectivity index (χ4v) is 9.36. The summed E-state index contributed by atoms with van der Waals surface area (Å²) in [5, 5.41) is 26.4. The number of aryl methyl sites for hydroxylation is 1. The SMILES string of the molecule is CCS(=O)(=O)Nc1ccc(-c2n[nH]c(Nc3cnc(OCCCCC(=O)NC(C(=O)N4C[C@H](O)C[C@H]4C(=O)NCc4ccc(-c5scnc5C)cc4)C(C)(C)C)cn3)c2C(N)=O)cc1OCc1ccc(F)cc1. The molecule has 386 valence electrons. The number of aromatic amines is 1. The number of β-amino-alcohol motifs (C(OH)–C–C–N with tert-alkyl or cyclic N) is 1. The molecule has 4 heterocycles. The highest BCUT2D eigenvalue weighted by Gasteiger charge is 2.44. The van der Waals surface area contributed by atoms with Crippen molar-refractivity contribution in [3.05, 3.63) is 113 Å². The van der Waals surface area contributed by atoms with E-state index in [0.717, 1.165) is 21.7 Å². The number of carbonyl (C=O) groups excluding carboxylic acids is 4. The third kappa shape index (κ3) is 13.9. The van der Waals surface area contributed by atoms with Crippen molar-refractivity contribution in [2.45, 2.75) is 91.6 Å². The predicted octanol–water partition coefficient (Wildman–Crippen LogP) is 5.98. The Morgan fingerprint density at radius 1 is 0.973 bits per heavy atom. The Labute approximate surface area is 425 Å². The molecule has 73 heavy (non-hydrogen) atoms. The van der Waals surface area contributed by atoms with E-state index >= 15 is 0 Å². The van der Waals surface area contributed by atoms with Gasteiger partial charge in [0.15, 0.2) is 0 Å². The van der Waals surface area contributed by atoms with Crippen molar-refractivity contribution in [2.24, 2.45) is 11.1 Å². The lowest BCUT2D eigenvalue weighted by Crippen LogP contribution is -2.57. The minimum absolute atomic E-state index is 0.0250. The first-order chi connectivity index (χ1) is 34.8. The lowest BCUT2D eigenvalue weighted by molar-refractivity contribution is -0.144. The number of amides is 4. The molecule has 3 aromatic carbocycles. The van der Waals surface area contributed by atoms with Gasteiger partial charge in [-0.2, -0.15) is 5.10 Å². The standard InChI is InChI=1S/C50H58FN11O9S2/c1-6-73(68,69)61-36-19-16-33(21-38(36)71-27-31-12-17-34(51)18-13-31)43-42(46(52)65)47(60-59-43)57-39-24-54-41(25-53-39)70-20-8-7-9-40(64)58-45(50(3,4)5)49(67)62-26-35(63)22-37(62)48(66)55-23-30-10-14-32(15-11-30)44-29(2)56-28-72-44/h10-19,21,24-25,28,35,37,45,61,63H,6-9,20,22-23,26-27H2,1-5H3,(H2,52,65)(H,55,66)(H,58,64)(H2,53,57,59,60)/t35-,37+,45?/m1/s1. The number of likely N-dealkylation sites (tertiary alicyclic amines) is 1. The molecule has 1 aliphatic rings. The molecule has 20 nitrogen and oxygen atoms in total. The number of thiazole rings is 1. The van der Waals surface area contributed by atoms with Crippen LogP contribution in [-0.2, 0) is 37.6 Å². The van der Waals surface area contributed by atoms with Crippen LogP contribution < -0.4 is 35.9 Å². The average Bonchev–Trinajstić information content (AvgIpc) is 4.10. The molecule has 8 N–H and O–H groups in total. The summed E-state index contributed by atoms with van der Waals surface area (Å²) >= 11 is 1.56. The maximum absolute atomic E-state index is 14.1. The molecule has 1 aliphatic heterocycles. The maximum atomic E-state index is 14.1. The second kappa shape index (κ2) is 23.4. The lowest BCUT2D eigenvalue weighted by atomic mass is 9.85. The summed E-state index contributed by atoms with van der Waals surface area (Å²) in [6.07, 6.45) is 2.87. The van der Waals surface area contributed by atoms with E-state index < -0.39 is 57.2 Å². The number of anilines is 3. The molecule has 6 aromatic rings. The number of hydrogen-bond donors (Lipinski definition) is 7. The number of sulfonamides is 1. The van der Waals surface area contributed by atoms with E-state index in [1.165, 1.54) is 60.6 Å². The number of ether oxygens (including phenoxy) is 2. The number of aromatic nitrogens is 5. The number of carbonyl (C=O) groups is 4. The van der Waals surface area contributed by atoms with E-state index in [4.69, 9.17) is 15.2 Å². The zero-order valence-corrected chi connectivity index (χ0v) is 42.5. The monoisotopic (exact) mass is 1040 g/mol. The summed E-state index contributed by atoms with van der Waals surface area (Å²) < 4.78 is 52.7. The van der Waals surface area contributed by atoms with Crippen LogP contribution in [0.4, 0.5) is 21.7 Å². The Hall–Kier alpha value is -7.50. The predicted molar refractivity (Wildman–Crippen MR) is 273 cm³/mol. The summed E-state index contributed by atoms with van der Waals surface area (Å²) in [5.41, 5.74) is 11.0. The number of H-pyrrole nitrogens is 1. The topological polar surface area (TPSA) is 286 Å². The Bertz CT molecular complexity index is 3020. The first kappa shape index (κ1) is 53.3. The fourth-order valence-electron chi connectivity index (χ4n) is 7.90. The van der Waals surface area contributed by atoms with Crippen molar-refractivity contribution < 1.29 is 46.6 Å². The van der Waals surface area contributed by atoms with Crippen molar-refractivity contribution in [1.29, 1.82) is 0 Å². The van der Waals surface area contributed by atoms with Gasteiger partial charge in [-0.15, -0.1) is 11.3 Å². The molecule has 3 atom stereocenters. The number of primary amides is 1. The fraction of sp³-hybridized carbons (Fsp3) is 0.360. The van der Waals surface area contributed by atoms with Crippen LogP contribution in [-0.4, -0.2) is 104 Å². The average molecular weight is 1040 g/mol. The summed E-state index contributed by atoms with van der Waals surface area (Å²) in [6, 6.07) is 16.1. The molecule has 1 fully saturated rings. The number of rotatable bonds is 22. The van der Waals surface area contributed by atoms with Gasteiger partial charge in [0.2, 0.25) is 33.6 Å². The van der Waals surface area contributed by atoms with Gasteiger partial charge < -0.3 is 41.2 Å². The second-order valence-electron chi connectivity index (χ2n) is 18.4. The van der Waals surface area contributed by atoms with Crippen LogP contribution in [0.2, 0.25) is 0 Å². The molecule has 0 spiro atoms. The molecule has 3 aromatic heterocycles. The summed E-state index contributed by atoms with van der Waals surface area (Å²) in [5.74, 6) is -2.04. The Morgan fingerprint density at radius 2 is 1.70 bits per heavy atom. The van der Waals surface area contributed by atoms with Gasteiger partial charge in [0, 0.05) is 31.5 Å². The van der Waals surface area contributed by atoms with Crippen molar-refractivity contribution in [3.8, 4) is 33.3 Å². The lowest BCUT2D eigenvalue weighted by Gasteiger charge is -2.35. The number of nitrogens with one attached hydrogen (secondary N) is 5. The Balaban J connectivity index is 0.895. The Morgan fingerprint density at radius 3 is 2.36 bits per heavy atom. The van der Waals surface area contributed by atoms with E-state index in [2.05, 4.69) is 45.8 Å². The van der Waals surface area contributed by atoms with Crippen molar-refractivity contribution in [2.75, 3.05) is 28.9 Å². The summed E-state index contributed by atoms with van der Waals surface area (Å²) in [6.45, 7) is 9.27. The highest BCUT2D eigenvalue weighted by Crippen LogP contribution is 2.36. The number of unbranched alkanes of at least 4 members (excludes halogenated alkanes) is 1. The van der Waals surface area contributed by atoms with Gasteiger partial charge in [-0.25, -0.2) is 27.8 Å². The van der Waals surface area contributed by atoms with Gasteiger partial charge in [-0.1, -0.05) is 63.2 Å². The van der Waals surface area contributed by atoms with Gasteiger partial charge in [0.25, 0.3) is 5.91 Å². The largest absolute Gasteiger partial charge is 0.487 e. The molecule has 0 bridgehead atoms. The molecule has 0 saturated carbocycles. The van der Waals surface area contributed by atoms with Crippen LogP contribution in [0.3, 0.4) is 0 Å². The van der Waals surface area contributed by atoms with Crippen LogP contribution in [0.5, 0.6) is 11.6 Å². The first-order valence-electron chi connectivity index (χ1n) is 23.5. The molecule has 23 heteroatoms. The van der Waals surface area contributed by atoms with E-state index in [9.17, 15) is 37.1 Å². The highest BCUT2D eigenvalue weighted by atomic mass is 32.2. The molecule has 0 radical (unpaired) electrons. The molecular formula is C50H58FN11O9S2. The van der Waals surface area contributed by atoms with Crippen LogP contribution in [0.15, 0.2) is 84.6 Å². The first-order valence-corrected chi connectivity index (χ1v) is 26.0. The number of halogens is 1. The van der Waals surface area contributed by atoms with Crippen molar-refractivity contribution >= 4 is 62.3 Å². The number of aliphatic hydroxyl groups excluding tert-OH is 1. The smallest absolute Gasteiger partial charge is 0.254 e. The van der Waals surface area contributed by atoms with Crippen LogP contribution >= 0.6 is 11.3 Å². The number of aliphatic hydroxyl groups is 1. The van der Waals surface area contributed by atoms with E-state index in [0.29, 0.717) is 24.0 Å². The summed E-state index contributed by atoms with van der Waals surface area (Å²) in [7, 11) is -3.70. The van der Waals surface area contributed by atoms with Crippen LogP contribution in [0, 0.1) is 18.2 Å². The zero-order valence-electron chi connectivity index (χ0n) is 40.9. The van der Waals surface area contributed by atoms with Crippen LogP contribution in [0.1, 0.15) is 80.6 Å². The third-order valence-corrected chi connectivity index (χ3v) is 14.1. The normalized spacial score (nSPS) is 15.1.